The number of hydrogen-bond acceptors (Lipinski definition) is 4. The second-order valence-corrected chi connectivity index (χ2v) is 5.61. The second-order valence-electron chi connectivity index (χ2n) is 5.61. The molecule has 0 aliphatic carbocycles. The number of ether oxygens (including phenoxy) is 1. The summed E-state index contributed by atoms with van der Waals surface area (Å²) in [5.41, 5.74) is 1.94. The van der Waals surface area contributed by atoms with Crippen LogP contribution in [0.15, 0.2) is 30.3 Å². The summed E-state index contributed by atoms with van der Waals surface area (Å²) < 4.78 is 5.39. The summed E-state index contributed by atoms with van der Waals surface area (Å²) >= 11 is 0. The zero-order valence-electron chi connectivity index (χ0n) is 12.8. The Kier molecular flexibility index (Phi) is 4.53. The molecule has 1 saturated heterocycles. The Balaban J connectivity index is 1.68. The second kappa shape index (κ2) is 6.75. The van der Waals surface area contributed by atoms with Crippen molar-refractivity contribution in [1.29, 1.82) is 0 Å². The van der Waals surface area contributed by atoms with E-state index in [1.54, 1.807) is 7.11 Å². The van der Waals surface area contributed by atoms with Crippen LogP contribution >= 0.6 is 0 Å². The summed E-state index contributed by atoms with van der Waals surface area (Å²) in [6.07, 6.45) is 2.00. The molecular formula is C17H21N3O2. The summed E-state index contributed by atoms with van der Waals surface area (Å²) in [5.74, 6) is 0.856. The van der Waals surface area contributed by atoms with E-state index in [1.165, 1.54) is 0 Å². The SMILES string of the molecule is COc1nc2ccccc2cc1CNCC1CCCNC1=O. The summed E-state index contributed by atoms with van der Waals surface area (Å²) in [7, 11) is 1.63. The molecule has 2 N–H and O–H groups in total. The van der Waals surface area contributed by atoms with Gasteiger partial charge >= 0.3 is 0 Å². The molecule has 1 atom stereocenters. The van der Waals surface area contributed by atoms with E-state index in [0.29, 0.717) is 19.0 Å². The van der Waals surface area contributed by atoms with Gasteiger partial charge in [0.15, 0.2) is 0 Å². The molecule has 1 aromatic carbocycles. The zero-order valence-corrected chi connectivity index (χ0v) is 12.8. The van der Waals surface area contributed by atoms with Gasteiger partial charge < -0.3 is 15.4 Å². The van der Waals surface area contributed by atoms with Crippen molar-refractivity contribution in [3.63, 3.8) is 0 Å². The van der Waals surface area contributed by atoms with Gasteiger partial charge in [0.1, 0.15) is 0 Å². The molecule has 1 amide bonds. The van der Waals surface area contributed by atoms with E-state index < -0.39 is 0 Å². The highest BCUT2D eigenvalue weighted by Gasteiger charge is 2.21. The molecule has 1 aromatic heterocycles. The first kappa shape index (κ1) is 14.8. The lowest BCUT2D eigenvalue weighted by Crippen LogP contribution is -2.41. The van der Waals surface area contributed by atoms with Crippen molar-refractivity contribution in [3.05, 3.63) is 35.9 Å². The molecular weight excluding hydrogens is 278 g/mol. The predicted molar refractivity (Wildman–Crippen MR) is 85.7 cm³/mol. The summed E-state index contributed by atoms with van der Waals surface area (Å²) in [6.45, 7) is 2.13. The van der Waals surface area contributed by atoms with Gasteiger partial charge in [0.25, 0.3) is 0 Å². The molecule has 2 heterocycles. The molecule has 22 heavy (non-hydrogen) atoms. The Hall–Kier alpha value is -2.14. The van der Waals surface area contributed by atoms with Crippen molar-refractivity contribution >= 4 is 16.8 Å². The van der Waals surface area contributed by atoms with Crippen molar-refractivity contribution in [3.8, 4) is 5.88 Å². The Labute approximate surface area is 130 Å². The summed E-state index contributed by atoms with van der Waals surface area (Å²) in [4.78, 5) is 16.3. The molecule has 0 spiro atoms. The number of carbonyl (C=O) groups is 1. The number of rotatable bonds is 5. The number of amides is 1. The van der Waals surface area contributed by atoms with Crippen molar-refractivity contribution < 1.29 is 9.53 Å². The molecule has 116 valence electrons. The van der Waals surface area contributed by atoms with Gasteiger partial charge in [-0.2, -0.15) is 0 Å². The first-order valence-electron chi connectivity index (χ1n) is 7.69. The van der Waals surface area contributed by atoms with Crippen LogP contribution in [-0.4, -0.2) is 31.1 Å². The topological polar surface area (TPSA) is 63.2 Å². The third-order valence-electron chi connectivity index (χ3n) is 4.06. The maximum atomic E-state index is 11.7. The normalized spacial score (nSPS) is 18.2. The van der Waals surface area contributed by atoms with Gasteiger partial charge in [-0.3, -0.25) is 4.79 Å². The summed E-state index contributed by atoms with van der Waals surface area (Å²) in [5, 5.41) is 7.36. The largest absolute Gasteiger partial charge is 0.481 e. The Bertz CT molecular complexity index is 672. The molecule has 1 fully saturated rings. The number of hydrogen-bond donors (Lipinski definition) is 2. The number of pyridine rings is 1. The van der Waals surface area contributed by atoms with Crippen LogP contribution < -0.4 is 15.4 Å². The summed E-state index contributed by atoms with van der Waals surface area (Å²) in [6, 6.07) is 10.1. The third kappa shape index (κ3) is 3.20. The van der Waals surface area contributed by atoms with E-state index in [0.717, 1.165) is 35.9 Å². The van der Waals surface area contributed by atoms with Crippen molar-refractivity contribution in [2.24, 2.45) is 5.92 Å². The fourth-order valence-electron chi connectivity index (χ4n) is 2.86. The number of fused-ring (bicyclic) bond motifs is 1. The Morgan fingerprint density at radius 1 is 1.41 bits per heavy atom. The highest BCUT2D eigenvalue weighted by Crippen LogP contribution is 2.22. The molecule has 1 unspecified atom stereocenters. The average molecular weight is 299 g/mol. The average Bonchev–Trinajstić information content (AvgIpc) is 2.56. The molecule has 5 heteroatoms. The monoisotopic (exact) mass is 299 g/mol. The number of para-hydroxylation sites is 1. The molecule has 0 saturated carbocycles. The first-order valence-corrected chi connectivity index (χ1v) is 7.69. The number of carbonyl (C=O) groups excluding carboxylic acids is 1. The number of piperidine rings is 1. The molecule has 3 rings (SSSR count). The van der Waals surface area contributed by atoms with Gasteiger partial charge in [0.05, 0.1) is 18.5 Å². The molecule has 5 nitrogen and oxygen atoms in total. The smallest absolute Gasteiger partial charge is 0.224 e. The molecule has 1 aliphatic rings. The molecule has 0 radical (unpaired) electrons. The van der Waals surface area contributed by atoms with Crippen LogP contribution in [0, 0.1) is 5.92 Å². The van der Waals surface area contributed by atoms with E-state index in [1.807, 2.05) is 24.3 Å². The minimum absolute atomic E-state index is 0.0631. The minimum Gasteiger partial charge on any atom is -0.481 e. The molecule has 0 bridgehead atoms. The van der Waals surface area contributed by atoms with Crippen LogP contribution in [-0.2, 0) is 11.3 Å². The Morgan fingerprint density at radius 2 is 2.27 bits per heavy atom. The van der Waals surface area contributed by atoms with Crippen molar-refractivity contribution in [2.75, 3.05) is 20.2 Å². The van der Waals surface area contributed by atoms with Crippen LogP contribution in [0.4, 0.5) is 0 Å². The first-order chi connectivity index (χ1) is 10.8. The van der Waals surface area contributed by atoms with E-state index in [4.69, 9.17) is 4.74 Å². The fraction of sp³-hybridized carbons (Fsp3) is 0.412. The van der Waals surface area contributed by atoms with Crippen LogP contribution in [0.2, 0.25) is 0 Å². The maximum absolute atomic E-state index is 11.7. The zero-order chi connectivity index (χ0) is 15.4. The number of aromatic nitrogens is 1. The van der Waals surface area contributed by atoms with E-state index in [9.17, 15) is 4.79 Å². The number of nitrogens with zero attached hydrogens (tertiary/aromatic N) is 1. The van der Waals surface area contributed by atoms with Gasteiger partial charge in [-0.15, -0.1) is 0 Å². The minimum atomic E-state index is 0.0631. The van der Waals surface area contributed by atoms with Crippen LogP contribution in [0.3, 0.4) is 0 Å². The fourth-order valence-corrected chi connectivity index (χ4v) is 2.86. The lowest BCUT2D eigenvalue weighted by molar-refractivity contribution is -0.126. The van der Waals surface area contributed by atoms with E-state index in [-0.39, 0.29) is 11.8 Å². The predicted octanol–water partition coefficient (Wildman–Crippen LogP) is 1.86. The lowest BCUT2D eigenvalue weighted by Gasteiger charge is -2.22. The number of benzene rings is 1. The number of methoxy groups -OCH3 is 1. The lowest BCUT2D eigenvalue weighted by atomic mass is 9.98. The Morgan fingerprint density at radius 3 is 3.09 bits per heavy atom. The van der Waals surface area contributed by atoms with E-state index >= 15 is 0 Å². The quantitative estimate of drug-likeness (QED) is 0.884. The number of nitrogens with one attached hydrogen (secondary N) is 2. The van der Waals surface area contributed by atoms with Gasteiger partial charge in [-0.05, 0) is 25.0 Å². The van der Waals surface area contributed by atoms with Crippen LogP contribution in [0.5, 0.6) is 5.88 Å². The van der Waals surface area contributed by atoms with Gasteiger partial charge in [-0.25, -0.2) is 4.98 Å². The van der Waals surface area contributed by atoms with Crippen molar-refractivity contribution in [2.45, 2.75) is 19.4 Å². The molecule has 1 aliphatic heterocycles. The van der Waals surface area contributed by atoms with Gasteiger partial charge in [0, 0.05) is 30.6 Å². The highest BCUT2D eigenvalue weighted by molar-refractivity contribution is 5.80. The van der Waals surface area contributed by atoms with Crippen LogP contribution in [0.1, 0.15) is 18.4 Å². The molecule has 2 aromatic rings. The van der Waals surface area contributed by atoms with Gasteiger partial charge in [-0.1, -0.05) is 18.2 Å². The highest BCUT2D eigenvalue weighted by atomic mass is 16.5. The van der Waals surface area contributed by atoms with E-state index in [2.05, 4.69) is 21.7 Å². The maximum Gasteiger partial charge on any atom is 0.224 e. The van der Waals surface area contributed by atoms with Crippen LogP contribution in [0.25, 0.3) is 10.9 Å². The van der Waals surface area contributed by atoms with Crippen molar-refractivity contribution in [1.82, 2.24) is 15.6 Å². The standard InChI is InChI=1S/C17H21N3O2/c1-22-17-14(9-12-5-2-3-7-15(12)20-17)11-18-10-13-6-4-8-19-16(13)21/h2-3,5,7,9,13,18H,4,6,8,10-11H2,1H3,(H,19,21). The van der Waals surface area contributed by atoms with Gasteiger partial charge in [0.2, 0.25) is 11.8 Å². The third-order valence-corrected chi connectivity index (χ3v) is 4.06.